The number of pyridine rings is 1. The Morgan fingerprint density at radius 1 is 1.33 bits per heavy atom. The van der Waals surface area contributed by atoms with Gasteiger partial charge in [0.05, 0.1) is 0 Å². The SMILES string of the molecule is Cc1nc(-c2cccnc2)[nH]c(=O)c1CCC(=O)N[C@H](CC(C)C)C(=O)O. The summed E-state index contributed by atoms with van der Waals surface area (Å²) in [5.74, 6) is -0.908. The third-order valence-electron chi connectivity index (χ3n) is 4.10. The number of carboxylic acids is 1. The summed E-state index contributed by atoms with van der Waals surface area (Å²) in [5, 5.41) is 11.7. The zero-order valence-electron chi connectivity index (χ0n) is 15.7. The third kappa shape index (κ3) is 5.73. The number of amides is 1. The van der Waals surface area contributed by atoms with Crippen LogP contribution in [0.25, 0.3) is 11.4 Å². The highest BCUT2D eigenvalue weighted by molar-refractivity contribution is 5.83. The van der Waals surface area contributed by atoms with Crippen LogP contribution in [0.2, 0.25) is 0 Å². The minimum atomic E-state index is -1.06. The lowest BCUT2D eigenvalue weighted by Gasteiger charge is -2.16. The number of carbonyl (C=O) groups is 2. The van der Waals surface area contributed by atoms with E-state index in [9.17, 15) is 19.5 Å². The summed E-state index contributed by atoms with van der Waals surface area (Å²) in [7, 11) is 0. The predicted molar refractivity (Wildman–Crippen MR) is 100 cm³/mol. The van der Waals surface area contributed by atoms with Crippen LogP contribution < -0.4 is 10.9 Å². The average Bonchev–Trinajstić information content (AvgIpc) is 2.60. The van der Waals surface area contributed by atoms with E-state index in [2.05, 4.69) is 20.3 Å². The van der Waals surface area contributed by atoms with Gasteiger partial charge in [-0.1, -0.05) is 13.8 Å². The summed E-state index contributed by atoms with van der Waals surface area (Å²) in [4.78, 5) is 46.8. The third-order valence-corrected chi connectivity index (χ3v) is 4.10. The maximum Gasteiger partial charge on any atom is 0.326 e. The highest BCUT2D eigenvalue weighted by Crippen LogP contribution is 2.13. The first kappa shape index (κ1) is 20.3. The van der Waals surface area contributed by atoms with Gasteiger partial charge < -0.3 is 15.4 Å². The molecule has 0 aromatic carbocycles. The van der Waals surface area contributed by atoms with E-state index in [-0.39, 0.29) is 24.3 Å². The Morgan fingerprint density at radius 2 is 2.07 bits per heavy atom. The van der Waals surface area contributed by atoms with Crippen LogP contribution in [-0.4, -0.2) is 38.0 Å². The van der Waals surface area contributed by atoms with E-state index in [1.807, 2.05) is 13.8 Å². The van der Waals surface area contributed by atoms with E-state index < -0.39 is 17.9 Å². The molecular weight excluding hydrogens is 348 g/mol. The number of hydrogen-bond acceptors (Lipinski definition) is 5. The van der Waals surface area contributed by atoms with E-state index in [0.29, 0.717) is 29.1 Å². The molecule has 144 valence electrons. The summed E-state index contributed by atoms with van der Waals surface area (Å²) >= 11 is 0. The Bertz CT molecular complexity index is 862. The fourth-order valence-corrected chi connectivity index (χ4v) is 2.74. The van der Waals surface area contributed by atoms with Gasteiger partial charge in [0.1, 0.15) is 11.9 Å². The van der Waals surface area contributed by atoms with Gasteiger partial charge in [-0.3, -0.25) is 14.6 Å². The zero-order valence-corrected chi connectivity index (χ0v) is 15.7. The van der Waals surface area contributed by atoms with Crippen LogP contribution in [0, 0.1) is 12.8 Å². The number of nitrogens with zero attached hydrogens (tertiary/aromatic N) is 2. The maximum atomic E-state index is 12.4. The minimum Gasteiger partial charge on any atom is -0.480 e. The minimum absolute atomic E-state index is 0.0136. The second-order valence-corrected chi connectivity index (χ2v) is 6.81. The summed E-state index contributed by atoms with van der Waals surface area (Å²) in [6.45, 7) is 5.49. The number of carbonyl (C=O) groups excluding carboxylic acids is 1. The van der Waals surface area contributed by atoms with Crippen LogP contribution in [0.5, 0.6) is 0 Å². The Morgan fingerprint density at radius 3 is 2.63 bits per heavy atom. The van der Waals surface area contributed by atoms with E-state index in [1.54, 1.807) is 31.5 Å². The standard InChI is InChI=1S/C19H24N4O4/c1-11(2)9-15(19(26)27)22-16(24)7-6-14-12(3)21-17(23-18(14)25)13-5-4-8-20-10-13/h4-5,8,10-11,15H,6-7,9H2,1-3H3,(H,22,24)(H,26,27)(H,21,23,25)/t15-/m1/s1. The molecule has 2 rings (SSSR count). The highest BCUT2D eigenvalue weighted by Gasteiger charge is 2.21. The molecule has 2 aromatic rings. The van der Waals surface area contributed by atoms with Gasteiger partial charge in [0, 0.05) is 35.6 Å². The molecule has 2 aromatic heterocycles. The van der Waals surface area contributed by atoms with E-state index in [0.717, 1.165) is 0 Å². The van der Waals surface area contributed by atoms with E-state index in [4.69, 9.17) is 0 Å². The lowest BCUT2D eigenvalue weighted by molar-refractivity contribution is -0.142. The Kier molecular flexibility index (Phi) is 6.81. The number of rotatable bonds is 8. The molecule has 2 heterocycles. The second kappa shape index (κ2) is 9.07. The van der Waals surface area contributed by atoms with Gasteiger partial charge in [-0.05, 0) is 37.8 Å². The number of aromatic amines is 1. The quantitative estimate of drug-likeness (QED) is 0.647. The molecule has 0 fully saturated rings. The number of hydrogen-bond donors (Lipinski definition) is 3. The lowest BCUT2D eigenvalue weighted by atomic mass is 10.0. The molecule has 0 radical (unpaired) electrons. The fraction of sp³-hybridized carbons (Fsp3) is 0.421. The topological polar surface area (TPSA) is 125 Å². The number of aryl methyl sites for hydroxylation is 1. The van der Waals surface area contributed by atoms with E-state index >= 15 is 0 Å². The summed E-state index contributed by atoms with van der Waals surface area (Å²) < 4.78 is 0. The van der Waals surface area contributed by atoms with Crippen molar-refractivity contribution in [3.63, 3.8) is 0 Å². The van der Waals surface area contributed by atoms with Crippen molar-refractivity contribution in [1.29, 1.82) is 0 Å². The molecule has 27 heavy (non-hydrogen) atoms. The van der Waals surface area contributed by atoms with Gasteiger partial charge in [0.15, 0.2) is 0 Å². The monoisotopic (exact) mass is 372 g/mol. The van der Waals surface area contributed by atoms with Crippen molar-refractivity contribution in [3.8, 4) is 11.4 Å². The number of H-pyrrole nitrogens is 1. The Hall–Kier alpha value is -3.03. The van der Waals surface area contributed by atoms with Crippen LogP contribution >= 0.6 is 0 Å². The van der Waals surface area contributed by atoms with Crippen LogP contribution in [0.4, 0.5) is 0 Å². The molecule has 3 N–H and O–H groups in total. The van der Waals surface area contributed by atoms with Gasteiger partial charge in [-0.15, -0.1) is 0 Å². The smallest absolute Gasteiger partial charge is 0.326 e. The zero-order chi connectivity index (χ0) is 20.0. The molecule has 0 aliphatic carbocycles. The van der Waals surface area contributed by atoms with Crippen molar-refractivity contribution in [2.45, 2.75) is 46.1 Å². The number of aliphatic carboxylic acids is 1. The molecule has 1 atom stereocenters. The van der Waals surface area contributed by atoms with Crippen LogP contribution in [0.3, 0.4) is 0 Å². The molecule has 1 amide bonds. The molecular formula is C19H24N4O4. The summed E-state index contributed by atoms with van der Waals surface area (Å²) in [5.41, 5.74) is 1.32. The van der Waals surface area contributed by atoms with Crippen molar-refractivity contribution in [1.82, 2.24) is 20.3 Å². The second-order valence-electron chi connectivity index (χ2n) is 6.81. The van der Waals surface area contributed by atoms with Gasteiger partial charge in [0.2, 0.25) is 5.91 Å². The largest absolute Gasteiger partial charge is 0.480 e. The molecule has 0 saturated heterocycles. The van der Waals surface area contributed by atoms with Gasteiger partial charge in [-0.2, -0.15) is 0 Å². The van der Waals surface area contributed by atoms with Gasteiger partial charge in [0.25, 0.3) is 5.56 Å². The predicted octanol–water partition coefficient (Wildman–Crippen LogP) is 1.69. The molecule has 8 nitrogen and oxygen atoms in total. The number of carboxylic acid groups (broad SMARTS) is 1. The highest BCUT2D eigenvalue weighted by atomic mass is 16.4. The molecule has 0 bridgehead atoms. The summed E-state index contributed by atoms with van der Waals surface area (Å²) in [6.07, 6.45) is 3.78. The molecule has 8 heteroatoms. The van der Waals surface area contributed by atoms with Crippen LogP contribution in [-0.2, 0) is 16.0 Å². The Balaban J connectivity index is 2.06. The maximum absolute atomic E-state index is 12.4. The first-order valence-corrected chi connectivity index (χ1v) is 8.80. The lowest BCUT2D eigenvalue weighted by Crippen LogP contribution is -2.41. The van der Waals surface area contributed by atoms with Crippen LogP contribution in [0.1, 0.15) is 37.9 Å². The number of aromatic nitrogens is 3. The fourth-order valence-electron chi connectivity index (χ4n) is 2.74. The van der Waals surface area contributed by atoms with Gasteiger partial charge >= 0.3 is 5.97 Å². The molecule has 0 saturated carbocycles. The molecule has 0 aliphatic rings. The molecule has 0 spiro atoms. The van der Waals surface area contributed by atoms with Crippen molar-refractivity contribution in [3.05, 3.63) is 46.1 Å². The first-order valence-electron chi connectivity index (χ1n) is 8.80. The van der Waals surface area contributed by atoms with Crippen molar-refractivity contribution < 1.29 is 14.7 Å². The van der Waals surface area contributed by atoms with Crippen molar-refractivity contribution in [2.75, 3.05) is 0 Å². The normalized spacial score (nSPS) is 12.0. The van der Waals surface area contributed by atoms with E-state index in [1.165, 1.54) is 0 Å². The first-order chi connectivity index (χ1) is 12.8. The van der Waals surface area contributed by atoms with Crippen LogP contribution in [0.15, 0.2) is 29.3 Å². The van der Waals surface area contributed by atoms with Crippen molar-refractivity contribution >= 4 is 11.9 Å². The Labute approximate surface area is 157 Å². The number of nitrogens with one attached hydrogen (secondary N) is 2. The molecule has 0 unspecified atom stereocenters. The van der Waals surface area contributed by atoms with Gasteiger partial charge in [-0.25, -0.2) is 9.78 Å². The van der Waals surface area contributed by atoms with Crippen molar-refractivity contribution in [2.24, 2.45) is 5.92 Å². The summed E-state index contributed by atoms with van der Waals surface area (Å²) in [6, 6.07) is 2.61. The molecule has 0 aliphatic heterocycles. The average molecular weight is 372 g/mol.